The molecule has 0 aromatic heterocycles. The summed E-state index contributed by atoms with van der Waals surface area (Å²) in [6, 6.07) is 18.1. The molecule has 0 spiro atoms. The Morgan fingerprint density at radius 2 is 1.33 bits per heavy atom. The summed E-state index contributed by atoms with van der Waals surface area (Å²) in [5.41, 5.74) is 1.07. The van der Waals surface area contributed by atoms with Crippen molar-refractivity contribution in [3.8, 4) is 0 Å². The highest BCUT2D eigenvalue weighted by molar-refractivity contribution is 5.90. The van der Waals surface area contributed by atoms with Crippen molar-refractivity contribution in [2.75, 3.05) is 0 Å². The van der Waals surface area contributed by atoms with Gasteiger partial charge in [0, 0.05) is 5.92 Å². The van der Waals surface area contributed by atoms with Gasteiger partial charge in [0.05, 0.1) is 11.1 Å². The second kappa shape index (κ2) is 7.90. The van der Waals surface area contributed by atoms with Gasteiger partial charge < -0.3 is 9.47 Å². The lowest BCUT2D eigenvalue weighted by atomic mass is 9.64. The van der Waals surface area contributed by atoms with Crippen LogP contribution in [0.1, 0.15) is 53.3 Å². The number of esters is 2. The molecule has 3 fully saturated rings. The molecule has 30 heavy (non-hydrogen) atoms. The Bertz CT molecular complexity index is 909. The standard InChI is InChI=1S/C26H28O4/c1-16-23-20-13-12-19(14-20)21(23)15-22(29-25(27)17-8-4-2-5-9-17)24(16)30-26(28)18-10-6-3-7-11-18/h2-11,16,19-24H,12-15H2,1H3. The molecule has 7 unspecified atom stereocenters. The first-order chi connectivity index (χ1) is 14.6. The van der Waals surface area contributed by atoms with Gasteiger partial charge >= 0.3 is 11.9 Å². The molecule has 4 heteroatoms. The molecule has 0 aliphatic heterocycles. The van der Waals surface area contributed by atoms with Gasteiger partial charge in [0.2, 0.25) is 0 Å². The number of benzene rings is 2. The van der Waals surface area contributed by atoms with E-state index in [4.69, 9.17) is 9.47 Å². The van der Waals surface area contributed by atoms with E-state index in [1.807, 2.05) is 36.4 Å². The van der Waals surface area contributed by atoms with Crippen LogP contribution in [0.25, 0.3) is 0 Å². The van der Waals surface area contributed by atoms with Crippen LogP contribution in [0, 0.1) is 29.6 Å². The van der Waals surface area contributed by atoms with Crippen LogP contribution in [0.4, 0.5) is 0 Å². The molecule has 3 aliphatic rings. The summed E-state index contributed by atoms with van der Waals surface area (Å²) >= 11 is 0. The molecule has 2 aromatic carbocycles. The van der Waals surface area contributed by atoms with E-state index in [9.17, 15) is 9.59 Å². The van der Waals surface area contributed by atoms with Gasteiger partial charge in [0.15, 0.2) is 0 Å². The zero-order valence-electron chi connectivity index (χ0n) is 17.3. The first kappa shape index (κ1) is 19.3. The molecule has 156 valence electrons. The fraction of sp³-hybridized carbons (Fsp3) is 0.462. The number of carbonyl (C=O) groups excluding carboxylic acids is 2. The Labute approximate surface area is 177 Å². The molecule has 2 aromatic rings. The van der Waals surface area contributed by atoms with Crippen molar-refractivity contribution in [1.29, 1.82) is 0 Å². The molecular formula is C26H28O4. The van der Waals surface area contributed by atoms with Crippen molar-refractivity contribution >= 4 is 11.9 Å². The van der Waals surface area contributed by atoms with E-state index >= 15 is 0 Å². The van der Waals surface area contributed by atoms with E-state index < -0.39 is 12.2 Å². The lowest BCUT2D eigenvalue weighted by Crippen LogP contribution is -2.51. The van der Waals surface area contributed by atoms with Crippen molar-refractivity contribution in [2.45, 2.75) is 44.8 Å². The van der Waals surface area contributed by atoms with Gasteiger partial charge in [-0.2, -0.15) is 0 Å². The molecule has 5 rings (SSSR count). The maximum Gasteiger partial charge on any atom is 0.338 e. The average molecular weight is 405 g/mol. The Morgan fingerprint density at radius 1 is 0.767 bits per heavy atom. The molecular weight excluding hydrogens is 376 g/mol. The summed E-state index contributed by atoms with van der Waals surface area (Å²) < 4.78 is 12.0. The minimum atomic E-state index is -0.411. The van der Waals surface area contributed by atoms with E-state index in [1.165, 1.54) is 19.3 Å². The zero-order chi connectivity index (χ0) is 20.7. The molecule has 3 saturated carbocycles. The Morgan fingerprint density at radius 3 is 1.97 bits per heavy atom. The van der Waals surface area contributed by atoms with Crippen LogP contribution in [-0.4, -0.2) is 24.1 Å². The lowest BCUT2D eigenvalue weighted by Gasteiger charge is -2.46. The van der Waals surface area contributed by atoms with Crippen LogP contribution in [0.2, 0.25) is 0 Å². The van der Waals surface area contributed by atoms with Crippen LogP contribution in [-0.2, 0) is 9.47 Å². The predicted octanol–water partition coefficient (Wildman–Crippen LogP) is 5.14. The third kappa shape index (κ3) is 3.42. The first-order valence-electron chi connectivity index (χ1n) is 11.1. The lowest BCUT2D eigenvalue weighted by molar-refractivity contribution is -0.110. The van der Waals surface area contributed by atoms with Crippen molar-refractivity contribution in [2.24, 2.45) is 29.6 Å². The van der Waals surface area contributed by atoms with Crippen LogP contribution in [0.3, 0.4) is 0 Å². The second-order valence-corrected chi connectivity index (χ2v) is 9.21. The van der Waals surface area contributed by atoms with E-state index in [-0.39, 0.29) is 17.9 Å². The van der Waals surface area contributed by atoms with Gasteiger partial charge in [-0.1, -0.05) is 43.3 Å². The summed E-state index contributed by atoms with van der Waals surface area (Å²) in [4.78, 5) is 25.7. The molecule has 0 heterocycles. The van der Waals surface area contributed by atoms with E-state index in [1.54, 1.807) is 24.3 Å². The largest absolute Gasteiger partial charge is 0.455 e. The molecule has 7 atom stereocenters. The summed E-state index contributed by atoms with van der Waals surface area (Å²) in [6.07, 6.45) is 3.82. The minimum Gasteiger partial charge on any atom is -0.455 e. The normalized spacial score (nSPS) is 34.2. The number of hydrogen-bond donors (Lipinski definition) is 0. The van der Waals surface area contributed by atoms with Crippen LogP contribution in [0.5, 0.6) is 0 Å². The first-order valence-corrected chi connectivity index (χ1v) is 11.1. The molecule has 0 amide bonds. The number of carbonyl (C=O) groups is 2. The molecule has 0 saturated heterocycles. The third-order valence-corrected chi connectivity index (χ3v) is 7.67. The summed E-state index contributed by atoms with van der Waals surface area (Å²) in [7, 11) is 0. The number of rotatable bonds is 4. The van der Waals surface area contributed by atoms with Gasteiger partial charge in [-0.25, -0.2) is 9.59 Å². The fourth-order valence-electron chi connectivity index (χ4n) is 6.43. The fourth-order valence-corrected chi connectivity index (χ4v) is 6.43. The van der Waals surface area contributed by atoms with Gasteiger partial charge in [-0.15, -0.1) is 0 Å². The average Bonchev–Trinajstić information content (AvgIpc) is 3.39. The smallest absolute Gasteiger partial charge is 0.338 e. The SMILES string of the molecule is CC1C(OC(=O)c2ccccc2)C(OC(=O)c2ccccc2)CC2C3CCC(C3)C12. The minimum absolute atomic E-state index is 0.181. The highest BCUT2D eigenvalue weighted by Crippen LogP contribution is 2.59. The van der Waals surface area contributed by atoms with Gasteiger partial charge in [-0.3, -0.25) is 0 Å². The van der Waals surface area contributed by atoms with Crippen molar-refractivity contribution in [3.63, 3.8) is 0 Å². The van der Waals surface area contributed by atoms with Crippen molar-refractivity contribution in [3.05, 3.63) is 71.8 Å². The Balaban J connectivity index is 1.40. The number of fused-ring (bicyclic) bond motifs is 5. The highest BCUT2D eigenvalue weighted by Gasteiger charge is 2.57. The highest BCUT2D eigenvalue weighted by atomic mass is 16.6. The topological polar surface area (TPSA) is 52.6 Å². The zero-order valence-corrected chi connectivity index (χ0v) is 17.3. The van der Waals surface area contributed by atoms with Crippen LogP contribution >= 0.6 is 0 Å². The Kier molecular flexibility index (Phi) is 5.10. The maximum atomic E-state index is 12.8. The van der Waals surface area contributed by atoms with Crippen LogP contribution < -0.4 is 0 Å². The third-order valence-electron chi connectivity index (χ3n) is 7.67. The molecule has 3 aliphatic carbocycles. The predicted molar refractivity (Wildman–Crippen MR) is 113 cm³/mol. The van der Waals surface area contributed by atoms with Gasteiger partial charge in [0.1, 0.15) is 12.2 Å². The molecule has 0 N–H and O–H groups in total. The van der Waals surface area contributed by atoms with E-state index in [0.717, 1.165) is 18.3 Å². The summed E-state index contributed by atoms with van der Waals surface area (Å²) in [6.45, 7) is 2.18. The monoisotopic (exact) mass is 404 g/mol. The van der Waals surface area contributed by atoms with Gasteiger partial charge in [0.25, 0.3) is 0 Å². The van der Waals surface area contributed by atoms with E-state index in [0.29, 0.717) is 23.0 Å². The van der Waals surface area contributed by atoms with Crippen molar-refractivity contribution in [1.82, 2.24) is 0 Å². The van der Waals surface area contributed by atoms with E-state index in [2.05, 4.69) is 6.92 Å². The number of ether oxygens (including phenoxy) is 2. The molecule has 0 radical (unpaired) electrons. The van der Waals surface area contributed by atoms with Crippen molar-refractivity contribution < 1.29 is 19.1 Å². The van der Waals surface area contributed by atoms with Crippen LogP contribution in [0.15, 0.2) is 60.7 Å². The number of hydrogen-bond acceptors (Lipinski definition) is 4. The quantitative estimate of drug-likeness (QED) is 0.662. The van der Waals surface area contributed by atoms with Gasteiger partial charge in [-0.05, 0) is 73.6 Å². The Hall–Kier alpha value is -2.62. The molecule has 4 nitrogen and oxygen atoms in total. The second-order valence-electron chi connectivity index (χ2n) is 9.21. The maximum absolute atomic E-state index is 12.8. The molecule has 2 bridgehead atoms. The summed E-state index contributed by atoms with van der Waals surface area (Å²) in [5.74, 6) is 2.08. The summed E-state index contributed by atoms with van der Waals surface area (Å²) in [5, 5.41) is 0.